The number of carboxylic acids is 1. The van der Waals surface area contributed by atoms with Gasteiger partial charge in [0.15, 0.2) is 0 Å². The van der Waals surface area contributed by atoms with Crippen molar-refractivity contribution < 1.29 is 14.6 Å². The molecule has 1 N–H and O–H groups in total. The van der Waals surface area contributed by atoms with Gasteiger partial charge in [-0.15, -0.1) is 0 Å². The second-order valence-corrected chi connectivity index (χ2v) is 4.91. The molecule has 1 aliphatic heterocycles. The van der Waals surface area contributed by atoms with Gasteiger partial charge in [0, 0.05) is 19.2 Å². The molecule has 4 nitrogen and oxygen atoms in total. The quantitative estimate of drug-likeness (QED) is 0.695. The summed E-state index contributed by atoms with van der Waals surface area (Å²) in [5, 5.41) is 8.97. The van der Waals surface area contributed by atoms with Gasteiger partial charge in [-0.25, -0.2) is 0 Å². The number of rotatable bonds is 7. The van der Waals surface area contributed by atoms with Crippen LogP contribution in [0.5, 0.6) is 0 Å². The molecule has 1 fully saturated rings. The van der Waals surface area contributed by atoms with Gasteiger partial charge >= 0.3 is 5.97 Å². The zero-order chi connectivity index (χ0) is 12.7. The number of unbranched alkanes of at least 4 members (excludes halogenated alkanes) is 1. The van der Waals surface area contributed by atoms with E-state index in [-0.39, 0.29) is 5.92 Å². The first-order valence-corrected chi connectivity index (χ1v) is 6.69. The van der Waals surface area contributed by atoms with Crippen molar-refractivity contribution >= 4 is 5.97 Å². The van der Waals surface area contributed by atoms with Gasteiger partial charge in [0.05, 0.1) is 12.5 Å². The first-order chi connectivity index (χ1) is 8.15. The normalized spacial score (nSPS) is 26.0. The molecule has 0 aromatic heterocycles. The highest BCUT2D eigenvalue weighted by Gasteiger charge is 2.29. The van der Waals surface area contributed by atoms with Crippen LogP contribution in [0.2, 0.25) is 0 Å². The van der Waals surface area contributed by atoms with E-state index < -0.39 is 5.97 Å². The Morgan fingerprint density at radius 3 is 2.82 bits per heavy atom. The predicted octanol–water partition coefficient (Wildman–Crippen LogP) is 1.99. The second kappa shape index (κ2) is 7.67. The minimum absolute atomic E-state index is 0.151. The summed E-state index contributed by atoms with van der Waals surface area (Å²) in [6.07, 6.45) is 3.83. The first-order valence-electron chi connectivity index (χ1n) is 6.69. The Balaban J connectivity index is 2.16. The fourth-order valence-corrected chi connectivity index (χ4v) is 2.31. The highest BCUT2D eigenvalue weighted by atomic mass is 16.5. The van der Waals surface area contributed by atoms with Crippen LogP contribution < -0.4 is 0 Å². The molecule has 100 valence electrons. The van der Waals surface area contributed by atoms with Crippen molar-refractivity contribution in [1.29, 1.82) is 0 Å². The summed E-state index contributed by atoms with van der Waals surface area (Å²) in [7, 11) is 0. The fraction of sp³-hybridized carbons (Fsp3) is 0.923. The van der Waals surface area contributed by atoms with Gasteiger partial charge in [0.25, 0.3) is 0 Å². The Labute approximate surface area is 104 Å². The van der Waals surface area contributed by atoms with Crippen molar-refractivity contribution in [2.75, 3.05) is 26.3 Å². The van der Waals surface area contributed by atoms with Crippen LogP contribution in [0.1, 0.15) is 39.5 Å². The van der Waals surface area contributed by atoms with Crippen molar-refractivity contribution in [3.8, 4) is 0 Å². The Morgan fingerprint density at radius 2 is 2.24 bits per heavy atom. The first kappa shape index (κ1) is 14.5. The Bertz CT molecular complexity index is 233. The summed E-state index contributed by atoms with van der Waals surface area (Å²) in [6.45, 7) is 7.69. The lowest BCUT2D eigenvalue weighted by Crippen LogP contribution is -2.44. The Hall–Kier alpha value is -0.610. The molecule has 17 heavy (non-hydrogen) atoms. The standard InChI is InChI=1S/C13H25NO3/c1-3-4-8-17-9-7-14-6-5-12(13(15)16)10-11(14)2/h11-12H,3-10H2,1-2H3,(H,15,16). The second-order valence-electron chi connectivity index (χ2n) is 4.91. The molecule has 2 unspecified atom stereocenters. The molecule has 4 heteroatoms. The van der Waals surface area contributed by atoms with Crippen LogP contribution in [0, 0.1) is 5.92 Å². The molecular weight excluding hydrogens is 218 g/mol. The number of hydrogen-bond acceptors (Lipinski definition) is 3. The zero-order valence-corrected chi connectivity index (χ0v) is 11.0. The molecule has 0 amide bonds. The average molecular weight is 243 g/mol. The minimum Gasteiger partial charge on any atom is -0.481 e. The van der Waals surface area contributed by atoms with Crippen LogP contribution >= 0.6 is 0 Å². The lowest BCUT2D eigenvalue weighted by Gasteiger charge is -2.36. The molecule has 0 aromatic carbocycles. The molecule has 1 aliphatic rings. The third kappa shape index (κ3) is 5.04. The van der Waals surface area contributed by atoms with Gasteiger partial charge in [-0.2, -0.15) is 0 Å². The van der Waals surface area contributed by atoms with Crippen LogP contribution in [-0.4, -0.2) is 48.3 Å². The SMILES string of the molecule is CCCCOCCN1CCC(C(=O)O)CC1C. The molecule has 0 bridgehead atoms. The summed E-state index contributed by atoms with van der Waals surface area (Å²) in [5.41, 5.74) is 0. The topological polar surface area (TPSA) is 49.8 Å². The van der Waals surface area contributed by atoms with Gasteiger partial charge in [0.2, 0.25) is 0 Å². The summed E-state index contributed by atoms with van der Waals surface area (Å²) >= 11 is 0. The van der Waals surface area contributed by atoms with E-state index in [1.807, 2.05) is 0 Å². The van der Waals surface area contributed by atoms with E-state index in [4.69, 9.17) is 9.84 Å². The predicted molar refractivity (Wildman–Crippen MR) is 67.1 cm³/mol. The number of likely N-dealkylation sites (tertiary alicyclic amines) is 1. The smallest absolute Gasteiger partial charge is 0.306 e. The van der Waals surface area contributed by atoms with Crippen LogP contribution in [0.15, 0.2) is 0 Å². The number of carbonyl (C=O) groups is 1. The van der Waals surface area contributed by atoms with Crippen LogP contribution in [0.4, 0.5) is 0 Å². The zero-order valence-electron chi connectivity index (χ0n) is 11.0. The number of ether oxygens (including phenoxy) is 1. The monoisotopic (exact) mass is 243 g/mol. The van der Waals surface area contributed by atoms with Crippen molar-refractivity contribution in [3.63, 3.8) is 0 Å². The van der Waals surface area contributed by atoms with Crippen molar-refractivity contribution in [3.05, 3.63) is 0 Å². The molecule has 0 aromatic rings. The Kier molecular flexibility index (Phi) is 6.52. The Morgan fingerprint density at radius 1 is 1.47 bits per heavy atom. The van der Waals surface area contributed by atoms with Gasteiger partial charge < -0.3 is 9.84 Å². The molecule has 0 saturated carbocycles. The largest absolute Gasteiger partial charge is 0.481 e. The molecular formula is C13H25NO3. The summed E-state index contributed by atoms with van der Waals surface area (Å²) < 4.78 is 5.54. The van der Waals surface area contributed by atoms with E-state index in [0.717, 1.165) is 45.6 Å². The summed E-state index contributed by atoms with van der Waals surface area (Å²) in [5.74, 6) is -0.794. The number of carboxylic acid groups (broad SMARTS) is 1. The molecule has 0 spiro atoms. The van der Waals surface area contributed by atoms with Gasteiger partial charge in [-0.05, 0) is 32.7 Å². The maximum atomic E-state index is 10.9. The highest BCUT2D eigenvalue weighted by molar-refractivity contribution is 5.70. The van der Waals surface area contributed by atoms with Gasteiger partial charge in [-0.1, -0.05) is 13.3 Å². The van der Waals surface area contributed by atoms with Crippen molar-refractivity contribution in [1.82, 2.24) is 4.90 Å². The number of piperidine rings is 1. The van der Waals surface area contributed by atoms with E-state index in [2.05, 4.69) is 18.7 Å². The molecule has 1 heterocycles. The molecule has 2 atom stereocenters. The van der Waals surface area contributed by atoms with Gasteiger partial charge in [-0.3, -0.25) is 9.69 Å². The van der Waals surface area contributed by atoms with E-state index >= 15 is 0 Å². The summed E-state index contributed by atoms with van der Waals surface area (Å²) in [4.78, 5) is 13.2. The van der Waals surface area contributed by atoms with E-state index in [0.29, 0.717) is 6.04 Å². The van der Waals surface area contributed by atoms with E-state index in [9.17, 15) is 4.79 Å². The molecule has 1 rings (SSSR count). The minimum atomic E-state index is -0.643. The summed E-state index contributed by atoms with van der Waals surface area (Å²) in [6, 6.07) is 0.361. The third-order valence-corrected chi connectivity index (χ3v) is 3.53. The van der Waals surface area contributed by atoms with E-state index in [1.165, 1.54) is 6.42 Å². The van der Waals surface area contributed by atoms with Crippen LogP contribution in [-0.2, 0) is 9.53 Å². The molecule has 0 radical (unpaired) electrons. The lowest BCUT2D eigenvalue weighted by atomic mass is 9.92. The fourth-order valence-electron chi connectivity index (χ4n) is 2.31. The van der Waals surface area contributed by atoms with Crippen LogP contribution in [0.25, 0.3) is 0 Å². The van der Waals surface area contributed by atoms with Gasteiger partial charge in [0.1, 0.15) is 0 Å². The number of nitrogens with zero attached hydrogens (tertiary/aromatic N) is 1. The number of aliphatic carboxylic acids is 1. The average Bonchev–Trinajstić information content (AvgIpc) is 2.30. The maximum Gasteiger partial charge on any atom is 0.306 e. The third-order valence-electron chi connectivity index (χ3n) is 3.53. The van der Waals surface area contributed by atoms with Crippen molar-refractivity contribution in [2.45, 2.75) is 45.6 Å². The lowest BCUT2D eigenvalue weighted by molar-refractivity contribution is -0.144. The highest BCUT2D eigenvalue weighted by Crippen LogP contribution is 2.22. The van der Waals surface area contributed by atoms with Crippen LogP contribution in [0.3, 0.4) is 0 Å². The molecule has 0 aliphatic carbocycles. The number of hydrogen-bond donors (Lipinski definition) is 1. The van der Waals surface area contributed by atoms with Crippen molar-refractivity contribution in [2.24, 2.45) is 5.92 Å². The molecule has 1 saturated heterocycles. The maximum absolute atomic E-state index is 10.9. The van der Waals surface area contributed by atoms with E-state index in [1.54, 1.807) is 0 Å².